The Bertz CT molecular complexity index is 338. The van der Waals surface area contributed by atoms with E-state index < -0.39 is 5.91 Å². The number of pyridine rings is 1. The minimum absolute atomic E-state index is 0.274. The van der Waals surface area contributed by atoms with Crippen LogP contribution in [0, 0.1) is 0 Å². The van der Waals surface area contributed by atoms with Gasteiger partial charge in [-0.3, -0.25) is 9.78 Å². The Hall–Kier alpha value is -1.90. The van der Waals surface area contributed by atoms with Crippen molar-refractivity contribution in [3.63, 3.8) is 0 Å². The van der Waals surface area contributed by atoms with Gasteiger partial charge in [0.25, 0.3) is 5.91 Å². The van der Waals surface area contributed by atoms with Gasteiger partial charge in [-0.15, -0.1) is 0 Å². The summed E-state index contributed by atoms with van der Waals surface area (Å²) in [5.74, 6) is -0.515. The number of carbonyl (C=O) groups excluding carboxylic acids is 1. The Morgan fingerprint density at radius 2 is 2.31 bits per heavy atom. The fourth-order valence-electron chi connectivity index (χ4n) is 0.829. The van der Waals surface area contributed by atoms with E-state index in [0.717, 1.165) is 5.56 Å². The zero-order valence-electron chi connectivity index (χ0n) is 7.10. The fraction of sp³-hybridized carbons (Fsp3) is 0. The van der Waals surface area contributed by atoms with E-state index in [-0.39, 0.29) is 5.69 Å². The number of hydrogen-bond donors (Lipinski definition) is 1. The monoisotopic (exact) mass is 174 g/mol. The number of aromatic nitrogens is 1. The van der Waals surface area contributed by atoms with Crippen LogP contribution in [-0.2, 0) is 0 Å². The lowest BCUT2D eigenvalue weighted by Gasteiger charge is -1.94. The third kappa shape index (κ3) is 2.56. The zero-order valence-corrected chi connectivity index (χ0v) is 7.10. The number of rotatable bonds is 3. The van der Waals surface area contributed by atoms with Crippen molar-refractivity contribution in [3.8, 4) is 0 Å². The van der Waals surface area contributed by atoms with E-state index in [1.807, 2.05) is 6.08 Å². The van der Waals surface area contributed by atoms with Crippen molar-refractivity contribution in [2.75, 3.05) is 0 Å². The molecule has 3 nitrogen and oxygen atoms in total. The second-order valence-electron chi connectivity index (χ2n) is 2.44. The Balaban J connectivity index is 2.87. The van der Waals surface area contributed by atoms with E-state index in [0.29, 0.717) is 0 Å². The maximum Gasteiger partial charge on any atom is 0.267 e. The number of nitrogens with two attached hydrogens (primary N) is 1. The molecule has 0 aliphatic rings. The summed E-state index contributed by atoms with van der Waals surface area (Å²) in [6.45, 7) is 3.54. The molecule has 1 rings (SSSR count). The number of allylic oxidation sites excluding steroid dienone is 2. The molecule has 1 aromatic heterocycles. The van der Waals surface area contributed by atoms with Crippen LogP contribution in [0.4, 0.5) is 0 Å². The first-order valence-electron chi connectivity index (χ1n) is 3.79. The number of carbonyl (C=O) groups is 1. The van der Waals surface area contributed by atoms with E-state index in [1.165, 1.54) is 0 Å². The Morgan fingerprint density at radius 3 is 2.77 bits per heavy atom. The van der Waals surface area contributed by atoms with Crippen LogP contribution >= 0.6 is 0 Å². The number of nitrogens with zero attached hydrogens (tertiary/aromatic N) is 1. The van der Waals surface area contributed by atoms with E-state index in [4.69, 9.17) is 5.73 Å². The average molecular weight is 174 g/mol. The van der Waals surface area contributed by atoms with Crippen molar-refractivity contribution in [2.24, 2.45) is 5.73 Å². The molecule has 1 heterocycles. The number of primary amides is 1. The van der Waals surface area contributed by atoms with Crippen LogP contribution in [0.2, 0.25) is 0 Å². The van der Waals surface area contributed by atoms with Crippen molar-refractivity contribution < 1.29 is 4.79 Å². The van der Waals surface area contributed by atoms with E-state index in [1.54, 1.807) is 30.5 Å². The van der Waals surface area contributed by atoms with Gasteiger partial charge >= 0.3 is 0 Å². The Morgan fingerprint density at radius 1 is 1.54 bits per heavy atom. The maximum atomic E-state index is 10.7. The van der Waals surface area contributed by atoms with Crippen LogP contribution in [0.5, 0.6) is 0 Å². The molecule has 0 unspecified atom stereocenters. The highest BCUT2D eigenvalue weighted by atomic mass is 16.1. The van der Waals surface area contributed by atoms with Crippen LogP contribution in [-0.4, -0.2) is 10.9 Å². The third-order valence-corrected chi connectivity index (χ3v) is 1.46. The molecular formula is C10H10N2O. The molecule has 0 spiro atoms. The molecule has 3 heteroatoms. The normalized spacial score (nSPS) is 10.2. The summed E-state index contributed by atoms with van der Waals surface area (Å²) >= 11 is 0. The van der Waals surface area contributed by atoms with Crippen molar-refractivity contribution in [2.45, 2.75) is 0 Å². The molecule has 0 fully saturated rings. The third-order valence-electron chi connectivity index (χ3n) is 1.46. The first-order chi connectivity index (χ1) is 6.24. The second kappa shape index (κ2) is 4.21. The topological polar surface area (TPSA) is 56.0 Å². The van der Waals surface area contributed by atoms with Crippen molar-refractivity contribution in [3.05, 3.63) is 48.3 Å². The Kier molecular flexibility index (Phi) is 2.97. The standard InChI is InChI=1S/C10H10N2O/c1-2-3-4-8-5-6-9(10(11)13)12-7-8/h2-7H,1H2,(H2,11,13)/b4-3-. The second-order valence-corrected chi connectivity index (χ2v) is 2.44. The zero-order chi connectivity index (χ0) is 9.68. The van der Waals surface area contributed by atoms with Gasteiger partial charge in [0.1, 0.15) is 5.69 Å². The Labute approximate surface area is 76.6 Å². The van der Waals surface area contributed by atoms with Gasteiger partial charge in [0.05, 0.1) is 0 Å². The highest BCUT2D eigenvalue weighted by Crippen LogP contribution is 2.01. The van der Waals surface area contributed by atoms with Gasteiger partial charge in [-0.25, -0.2) is 0 Å². The largest absolute Gasteiger partial charge is 0.364 e. The maximum absolute atomic E-state index is 10.7. The highest BCUT2D eigenvalue weighted by Gasteiger charge is 1.98. The molecule has 1 aromatic rings. The van der Waals surface area contributed by atoms with Crippen LogP contribution in [0.3, 0.4) is 0 Å². The predicted molar refractivity (Wildman–Crippen MR) is 52.0 cm³/mol. The van der Waals surface area contributed by atoms with Gasteiger partial charge < -0.3 is 5.73 Å². The lowest BCUT2D eigenvalue weighted by molar-refractivity contribution is 0.0995. The molecular weight excluding hydrogens is 164 g/mol. The number of amides is 1. The molecule has 0 aromatic carbocycles. The quantitative estimate of drug-likeness (QED) is 0.704. The summed E-state index contributed by atoms with van der Waals surface area (Å²) in [6, 6.07) is 3.36. The molecule has 0 saturated heterocycles. The lowest BCUT2D eigenvalue weighted by atomic mass is 10.2. The summed E-state index contributed by atoms with van der Waals surface area (Å²) in [7, 11) is 0. The SMILES string of the molecule is C=C/C=C\c1ccc(C(N)=O)nc1. The summed E-state index contributed by atoms with van der Waals surface area (Å²) < 4.78 is 0. The van der Waals surface area contributed by atoms with Crippen molar-refractivity contribution in [1.29, 1.82) is 0 Å². The predicted octanol–water partition coefficient (Wildman–Crippen LogP) is 1.38. The molecule has 1 amide bonds. The van der Waals surface area contributed by atoms with Crippen LogP contribution in [0.15, 0.2) is 37.1 Å². The van der Waals surface area contributed by atoms with Gasteiger partial charge in [0.15, 0.2) is 0 Å². The van der Waals surface area contributed by atoms with Crippen molar-refractivity contribution in [1.82, 2.24) is 4.98 Å². The first-order valence-corrected chi connectivity index (χ1v) is 3.79. The molecule has 0 bridgehead atoms. The van der Waals surface area contributed by atoms with E-state index in [9.17, 15) is 4.79 Å². The molecule has 0 atom stereocenters. The van der Waals surface area contributed by atoms with Crippen LogP contribution in [0.1, 0.15) is 16.1 Å². The van der Waals surface area contributed by atoms with E-state index in [2.05, 4.69) is 11.6 Å². The lowest BCUT2D eigenvalue weighted by Crippen LogP contribution is -2.12. The molecule has 66 valence electrons. The minimum atomic E-state index is -0.515. The van der Waals surface area contributed by atoms with E-state index >= 15 is 0 Å². The van der Waals surface area contributed by atoms with Crippen LogP contribution < -0.4 is 5.73 Å². The smallest absolute Gasteiger partial charge is 0.267 e. The average Bonchev–Trinajstić information content (AvgIpc) is 2.15. The summed E-state index contributed by atoms with van der Waals surface area (Å²) in [4.78, 5) is 14.5. The van der Waals surface area contributed by atoms with Gasteiger partial charge in [-0.1, -0.05) is 30.9 Å². The van der Waals surface area contributed by atoms with Crippen LogP contribution in [0.25, 0.3) is 6.08 Å². The summed E-state index contributed by atoms with van der Waals surface area (Å²) in [5.41, 5.74) is 6.21. The minimum Gasteiger partial charge on any atom is -0.364 e. The molecule has 0 radical (unpaired) electrons. The first kappa shape index (κ1) is 9.19. The highest BCUT2D eigenvalue weighted by molar-refractivity contribution is 5.90. The van der Waals surface area contributed by atoms with Crippen molar-refractivity contribution >= 4 is 12.0 Å². The van der Waals surface area contributed by atoms with Gasteiger partial charge in [-0.2, -0.15) is 0 Å². The van der Waals surface area contributed by atoms with Gasteiger partial charge in [0.2, 0.25) is 0 Å². The molecule has 0 saturated carbocycles. The molecule has 0 aliphatic heterocycles. The summed E-state index contributed by atoms with van der Waals surface area (Å²) in [5, 5.41) is 0. The van der Waals surface area contributed by atoms with Gasteiger partial charge in [0, 0.05) is 6.20 Å². The van der Waals surface area contributed by atoms with Gasteiger partial charge in [-0.05, 0) is 11.6 Å². The molecule has 0 aliphatic carbocycles. The summed E-state index contributed by atoms with van der Waals surface area (Å²) in [6.07, 6.45) is 6.88. The fourth-order valence-corrected chi connectivity index (χ4v) is 0.829. The molecule has 2 N–H and O–H groups in total. The number of hydrogen-bond acceptors (Lipinski definition) is 2. The molecule has 13 heavy (non-hydrogen) atoms.